The van der Waals surface area contributed by atoms with Crippen molar-refractivity contribution >= 4 is 0 Å². The van der Waals surface area contributed by atoms with Crippen LogP contribution >= 0.6 is 0 Å². The van der Waals surface area contributed by atoms with Crippen LogP contribution < -0.4 is 10.1 Å². The molecule has 0 fully saturated rings. The summed E-state index contributed by atoms with van der Waals surface area (Å²) >= 11 is 0. The van der Waals surface area contributed by atoms with Crippen molar-refractivity contribution in [2.75, 3.05) is 13.2 Å². The van der Waals surface area contributed by atoms with E-state index in [9.17, 15) is 4.39 Å². The molecule has 0 saturated heterocycles. The number of fused-ring (bicyclic) bond motifs is 1. The third-order valence-corrected chi connectivity index (χ3v) is 2.75. The molecule has 0 radical (unpaired) electrons. The molecule has 3 heteroatoms. The average Bonchev–Trinajstić information content (AvgIpc) is 2.48. The zero-order valence-corrected chi connectivity index (χ0v) is 9.21. The number of hydrogen-bond acceptors (Lipinski definition) is 2. The van der Waals surface area contributed by atoms with Crippen LogP contribution in [0.15, 0.2) is 30.9 Å². The normalized spacial score (nSPS) is 19.4. The minimum Gasteiger partial charge on any atom is -0.493 e. The minimum atomic E-state index is -0.213. The molecule has 0 spiro atoms. The second-order valence-corrected chi connectivity index (χ2v) is 3.92. The fourth-order valence-electron chi connectivity index (χ4n) is 1.99. The Morgan fingerprint density at radius 2 is 2.44 bits per heavy atom. The molecule has 2 nitrogen and oxygen atoms in total. The highest BCUT2D eigenvalue weighted by atomic mass is 19.1. The van der Waals surface area contributed by atoms with Crippen molar-refractivity contribution in [3.05, 3.63) is 42.2 Å². The Labute approximate surface area is 95.1 Å². The Morgan fingerprint density at radius 3 is 3.25 bits per heavy atom. The lowest BCUT2D eigenvalue weighted by Crippen LogP contribution is -2.21. The van der Waals surface area contributed by atoms with Crippen LogP contribution in [0, 0.1) is 5.82 Å². The van der Waals surface area contributed by atoms with Gasteiger partial charge in [0.15, 0.2) is 0 Å². The largest absolute Gasteiger partial charge is 0.493 e. The predicted molar refractivity (Wildman–Crippen MR) is 62.1 cm³/mol. The molecule has 0 aliphatic carbocycles. The van der Waals surface area contributed by atoms with Crippen LogP contribution in [0.25, 0.3) is 0 Å². The molecular weight excluding hydrogens is 205 g/mol. The van der Waals surface area contributed by atoms with E-state index in [1.807, 2.05) is 6.08 Å². The second-order valence-electron chi connectivity index (χ2n) is 3.92. The maximum atomic E-state index is 13.2. The molecule has 1 N–H and O–H groups in total. The van der Waals surface area contributed by atoms with Crippen molar-refractivity contribution < 1.29 is 9.13 Å². The van der Waals surface area contributed by atoms with Gasteiger partial charge in [-0.3, -0.25) is 0 Å². The Kier molecular flexibility index (Phi) is 3.57. The van der Waals surface area contributed by atoms with Crippen LogP contribution in [0.3, 0.4) is 0 Å². The fraction of sp³-hybridized carbons (Fsp3) is 0.385. The van der Waals surface area contributed by atoms with Gasteiger partial charge in [-0.25, -0.2) is 4.39 Å². The zero-order chi connectivity index (χ0) is 11.4. The van der Waals surface area contributed by atoms with Crippen molar-refractivity contribution in [2.45, 2.75) is 18.9 Å². The molecule has 1 aliphatic heterocycles. The van der Waals surface area contributed by atoms with Crippen molar-refractivity contribution in [3.8, 4) is 5.75 Å². The van der Waals surface area contributed by atoms with Gasteiger partial charge >= 0.3 is 0 Å². The van der Waals surface area contributed by atoms with Gasteiger partial charge in [0.2, 0.25) is 0 Å². The first-order chi connectivity index (χ1) is 7.81. The van der Waals surface area contributed by atoms with Crippen LogP contribution in [0.2, 0.25) is 0 Å². The highest BCUT2D eigenvalue weighted by Crippen LogP contribution is 2.31. The summed E-state index contributed by atoms with van der Waals surface area (Å²) in [5.74, 6) is 0.579. The molecule has 16 heavy (non-hydrogen) atoms. The van der Waals surface area contributed by atoms with E-state index in [0.29, 0.717) is 6.61 Å². The summed E-state index contributed by atoms with van der Waals surface area (Å²) in [7, 11) is 0. The van der Waals surface area contributed by atoms with Crippen LogP contribution in [0.5, 0.6) is 5.75 Å². The van der Waals surface area contributed by atoms with Crippen molar-refractivity contribution in [2.24, 2.45) is 0 Å². The summed E-state index contributed by atoms with van der Waals surface area (Å²) in [6.07, 6.45) is 3.75. The quantitative estimate of drug-likeness (QED) is 0.792. The average molecular weight is 221 g/mol. The van der Waals surface area contributed by atoms with Crippen LogP contribution in [0.4, 0.5) is 4.39 Å². The van der Waals surface area contributed by atoms with Gasteiger partial charge in [0.05, 0.1) is 6.61 Å². The Balaban J connectivity index is 2.27. The summed E-state index contributed by atoms with van der Waals surface area (Å²) in [6, 6.07) is 4.86. The summed E-state index contributed by atoms with van der Waals surface area (Å²) in [5.41, 5.74) is 0.916. The maximum absolute atomic E-state index is 13.2. The van der Waals surface area contributed by atoms with Gasteiger partial charge in [0.25, 0.3) is 0 Å². The van der Waals surface area contributed by atoms with E-state index in [1.54, 1.807) is 12.1 Å². The standard InChI is InChI=1S/C13H16FNO/c1-2-7-15-12-4-3-8-16-13-6-5-10(14)9-11(12)13/h2,5-6,9,12,15H,1,3-4,7-8H2/t12-/m1/s1. The molecule has 0 unspecified atom stereocenters. The smallest absolute Gasteiger partial charge is 0.124 e. The molecule has 1 aliphatic rings. The number of rotatable bonds is 3. The third kappa shape index (κ3) is 2.42. The molecule has 0 bridgehead atoms. The molecule has 0 aromatic heterocycles. The summed E-state index contributed by atoms with van der Waals surface area (Å²) in [6.45, 7) is 5.10. The Bertz CT molecular complexity index is 378. The van der Waals surface area contributed by atoms with Gasteiger partial charge < -0.3 is 10.1 Å². The van der Waals surface area contributed by atoms with Crippen LogP contribution in [0.1, 0.15) is 24.4 Å². The van der Waals surface area contributed by atoms with E-state index in [4.69, 9.17) is 4.74 Å². The summed E-state index contributed by atoms with van der Waals surface area (Å²) in [5, 5.41) is 3.33. The number of ether oxygens (including phenoxy) is 1. The van der Waals surface area contributed by atoms with Crippen molar-refractivity contribution in [1.29, 1.82) is 0 Å². The monoisotopic (exact) mass is 221 g/mol. The number of benzene rings is 1. The van der Waals surface area contributed by atoms with E-state index < -0.39 is 0 Å². The van der Waals surface area contributed by atoms with Crippen molar-refractivity contribution in [1.82, 2.24) is 5.32 Å². The number of hydrogen-bond donors (Lipinski definition) is 1. The Hall–Kier alpha value is -1.35. The van der Waals surface area contributed by atoms with E-state index >= 15 is 0 Å². The molecule has 1 heterocycles. The lowest BCUT2D eigenvalue weighted by Gasteiger charge is -2.17. The molecule has 1 atom stereocenters. The molecule has 1 aromatic carbocycles. The van der Waals surface area contributed by atoms with E-state index in [1.165, 1.54) is 6.07 Å². The zero-order valence-electron chi connectivity index (χ0n) is 9.21. The number of halogens is 1. The third-order valence-electron chi connectivity index (χ3n) is 2.75. The van der Waals surface area contributed by atoms with Gasteiger partial charge in [0.1, 0.15) is 11.6 Å². The highest BCUT2D eigenvalue weighted by molar-refractivity contribution is 5.37. The molecule has 2 rings (SSSR count). The van der Waals surface area contributed by atoms with Gasteiger partial charge in [-0.1, -0.05) is 6.08 Å². The van der Waals surface area contributed by atoms with E-state index in [-0.39, 0.29) is 11.9 Å². The molecule has 0 saturated carbocycles. The maximum Gasteiger partial charge on any atom is 0.124 e. The van der Waals surface area contributed by atoms with Gasteiger partial charge in [-0.15, -0.1) is 6.58 Å². The molecular formula is C13H16FNO. The SMILES string of the molecule is C=CCN[C@@H]1CCCOc2ccc(F)cc21. The fourth-order valence-corrected chi connectivity index (χ4v) is 1.99. The first-order valence-corrected chi connectivity index (χ1v) is 5.58. The number of nitrogens with one attached hydrogen (secondary N) is 1. The van der Waals surface area contributed by atoms with Gasteiger partial charge in [-0.2, -0.15) is 0 Å². The van der Waals surface area contributed by atoms with Gasteiger partial charge in [-0.05, 0) is 31.0 Å². The van der Waals surface area contributed by atoms with Crippen LogP contribution in [-0.2, 0) is 0 Å². The Morgan fingerprint density at radius 1 is 1.56 bits per heavy atom. The minimum absolute atomic E-state index is 0.159. The van der Waals surface area contributed by atoms with E-state index in [2.05, 4.69) is 11.9 Å². The van der Waals surface area contributed by atoms with E-state index in [0.717, 1.165) is 30.7 Å². The second kappa shape index (κ2) is 5.12. The van der Waals surface area contributed by atoms with Crippen LogP contribution in [-0.4, -0.2) is 13.2 Å². The van der Waals surface area contributed by atoms with Gasteiger partial charge in [0, 0.05) is 18.2 Å². The predicted octanol–water partition coefficient (Wildman–Crippen LogP) is 2.82. The topological polar surface area (TPSA) is 21.3 Å². The molecule has 86 valence electrons. The summed E-state index contributed by atoms with van der Waals surface area (Å²) in [4.78, 5) is 0. The first-order valence-electron chi connectivity index (χ1n) is 5.58. The lowest BCUT2D eigenvalue weighted by molar-refractivity contribution is 0.315. The lowest BCUT2D eigenvalue weighted by atomic mass is 10.0. The molecule has 0 amide bonds. The summed E-state index contributed by atoms with van der Waals surface area (Å²) < 4.78 is 18.8. The molecule has 1 aromatic rings. The first kappa shape index (κ1) is 11.1. The van der Waals surface area contributed by atoms with Crippen molar-refractivity contribution in [3.63, 3.8) is 0 Å². The highest BCUT2D eigenvalue weighted by Gasteiger charge is 2.19.